The number of carboxylic acid groups (broad SMARTS) is 1. The lowest BCUT2D eigenvalue weighted by Crippen LogP contribution is -2.37. The highest BCUT2D eigenvalue weighted by atomic mass is 32.2. The summed E-state index contributed by atoms with van der Waals surface area (Å²) in [4.78, 5) is 21.2. The van der Waals surface area contributed by atoms with Crippen LogP contribution in [0.3, 0.4) is 0 Å². The molecule has 0 spiro atoms. The molecule has 0 rings (SSSR count). The van der Waals surface area contributed by atoms with Crippen molar-refractivity contribution in [2.45, 2.75) is 25.8 Å². The van der Waals surface area contributed by atoms with Crippen LogP contribution in [0.15, 0.2) is 0 Å². The molecule has 0 bridgehead atoms. The summed E-state index contributed by atoms with van der Waals surface area (Å²) in [6.07, 6.45) is 0.688. The Balaban J connectivity index is 3.92. The summed E-state index contributed by atoms with van der Waals surface area (Å²) >= 11 is 0. The molecule has 0 aromatic heterocycles. The molecular weight excluding hydrogens is 222 g/mol. The Morgan fingerprint density at radius 3 is 2.27 bits per heavy atom. The lowest BCUT2D eigenvalue weighted by Gasteiger charge is -2.11. The molecule has 0 aliphatic rings. The number of carbonyl (C=O) groups is 2. The third-order valence-corrected chi connectivity index (χ3v) is 2.63. The molecular formula is C8H15NO5S. The van der Waals surface area contributed by atoms with Gasteiger partial charge in [0.15, 0.2) is 0 Å². The van der Waals surface area contributed by atoms with Crippen LogP contribution in [0.5, 0.6) is 0 Å². The van der Waals surface area contributed by atoms with E-state index in [0.29, 0.717) is 0 Å². The van der Waals surface area contributed by atoms with Crippen molar-refractivity contribution in [2.24, 2.45) is 0 Å². The van der Waals surface area contributed by atoms with Crippen LogP contribution in [-0.2, 0) is 19.4 Å². The highest BCUT2D eigenvalue weighted by molar-refractivity contribution is 7.90. The highest BCUT2D eigenvalue weighted by Gasteiger charge is 2.13. The van der Waals surface area contributed by atoms with Gasteiger partial charge in [-0.15, -0.1) is 0 Å². The Morgan fingerprint density at radius 1 is 1.33 bits per heavy atom. The summed E-state index contributed by atoms with van der Waals surface area (Å²) in [5.74, 6) is -1.65. The molecule has 0 aliphatic carbocycles. The maximum Gasteiger partial charge on any atom is 0.303 e. The number of nitrogens with one attached hydrogen (secondary N) is 1. The number of aliphatic carboxylic acids is 1. The fraction of sp³-hybridized carbons (Fsp3) is 0.750. The van der Waals surface area contributed by atoms with E-state index in [1.54, 1.807) is 6.92 Å². The fourth-order valence-corrected chi connectivity index (χ4v) is 2.05. The summed E-state index contributed by atoms with van der Waals surface area (Å²) in [7, 11) is -3.13. The quantitative estimate of drug-likeness (QED) is 0.642. The van der Waals surface area contributed by atoms with Crippen molar-refractivity contribution in [3.8, 4) is 0 Å². The molecule has 0 radical (unpaired) electrons. The van der Waals surface area contributed by atoms with Crippen LogP contribution in [-0.4, -0.2) is 43.5 Å². The van der Waals surface area contributed by atoms with Gasteiger partial charge in [-0.05, 0) is 6.92 Å². The SMILES string of the molecule is CC(CS(C)(=O)=O)NC(=O)CCC(=O)O. The van der Waals surface area contributed by atoms with Gasteiger partial charge in [-0.1, -0.05) is 0 Å². The first-order valence-corrected chi connectivity index (χ1v) is 6.45. The molecule has 0 saturated carbocycles. The molecule has 0 fully saturated rings. The third kappa shape index (κ3) is 9.20. The second kappa shape index (κ2) is 5.69. The second-order valence-electron chi connectivity index (χ2n) is 3.45. The number of rotatable bonds is 6. The smallest absolute Gasteiger partial charge is 0.303 e. The van der Waals surface area contributed by atoms with E-state index in [2.05, 4.69) is 5.32 Å². The van der Waals surface area contributed by atoms with Gasteiger partial charge in [0.2, 0.25) is 5.91 Å². The summed E-state index contributed by atoms with van der Waals surface area (Å²) < 4.78 is 21.7. The van der Waals surface area contributed by atoms with E-state index >= 15 is 0 Å². The van der Waals surface area contributed by atoms with Gasteiger partial charge in [-0.2, -0.15) is 0 Å². The van der Waals surface area contributed by atoms with Crippen LogP contribution in [0.4, 0.5) is 0 Å². The summed E-state index contributed by atoms with van der Waals surface area (Å²) in [6, 6.07) is -0.499. The predicted octanol–water partition coefficient (Wildman–Crippen LogP) is -0.599. The predicted molar refractivity (Wildman–Crippen MR) is 54.2 cm³/mol. The Bertz CT molecular complexity index is 335. The molecule has 0 saturated heterocycles. The third-order valence-electron chi connectivity index (χ3n) is 1.53. The molecule has 88 valence electrons. The Hall–Kier alpha value is -1.11. The molecule has 6 nitrogen and oxygen atoms in total. The van der Waals surface area contributed by atoms with Gasteiger partial charge in [-0.3, -0.25) is 9.59 Å². The van der Waals surface area contributed by atoms with Gasteiger partial charge in [0.05, 0.1) is 12.2 Å². The number of sulfone groups is 1. The van der Waals surface area contributed by atoms with Gasteiger partial charge in [-0.25, -0.2) is 8.42 Å². The zero-order valence-electron chi connectivity index (χ0n) is 8.69. The van der Waals surface area contributed by atoms with Crippen molar-refractivity contribution in [1.82, 2.24) is 5.32 Å². The number of carboxylic acids is 1. The van der Waals surface area contributed by atoms with Crippen molar-refractivity contribution >= 4 is 21.7 Å². The van der Waals surface area contributed by atoms with E-state index in [1.807, 2.05) is 0 Å². The van der Waals surface area contributed by atoms with Gasteiger partial charge >= 0.3 is 5.97 Å². The molecule has 0 aromatic rings. The average Bonchev–Trinajstić information content (AvgIpc) is 1.96. The summed E-state index contributed by atoms with van der Waals surface area (Å²) in [5.41, 5.74) is 0. The summed E-state index contributed by atoms with van der Waals surface area (Å²) in [5, 5.41) is 10.7. The maximum atomic E-state index is 11.1. The standard InChI is InChI=1S/C8H15NO5S/c1-6(5-15(2,13)14)9-7(10)3-4-8(11)12/h6H,3-5H2,1-2H3,(H,9,10)(H,11,12). The van der Waals surface area contributed by atoms with Crippen molar-refractivity contribution in [3.05, 3.63) is 0 Å². The average molecular weight is 237 g/mol. The van der Waals surface area contributed by atoms with E-state index in [1.165, 1.54) is 0 Å². The van der Waals surface area contributed by atoms with E-state index in [9.17, 15) is 18.0 Å². The lowest BCUT2D eigenvalue weighted by atomic mass is 10.3. The molecule has 7 heteroatoms. The van der Waals surface area contributed by atoms with E-state index in [4.69, 9.17) is 5.11 Å². The van der Waals surface area contributed by atoms with Crippen molar-refractivity contribution in [1.29, 1.82) is 0 Å². The van der Waals surface area contributed by atoms with Gasteiger partial charge in [0.1, 0.15) is 9.84 Å². The van der Waals surface area contributed by atoms with Gasteiger partial charge in [0, 0.05) is 18.7 Å². The van der Waals surface area contributed by atoms with E-state index < -0.39 is 27.8 Å². The van der Waals surface area contributed by atoms with Crippen molar-refractivity contribution < 1.29 is 23.1 Å². The van der Waals surface area contributed by atoms with Crippen molar-refractivity contribution in [3.63, 3.8) is 0 Å². The Labute approximate surface area is 88.6 Å². The highest BCUT2D eigenvalue weighted by Crippen LogP contribution is 1.93. The zero-order valence-corrected chi connectivity index (χ0v) is 9.50. The maximum absolute atomic E-state index is 11.1. The Morgan fingerprint density at radius 2 is 1.87 bits per heavy atom. The van der Waals surface area contributed by atoms with Crippen LogP contribution in [0.25, 0.3) is 0 Å². The van der Waals surface area contributed by atoms with E-state index in [0.717, 1.165) is 6.26 Å². The minimum Gasteiger partial charge on any atom is -0.481 e. The molecule has 0 heterocycles. The topological polar surface area (TPSA) is 101 Å². The van der Waals surface area contributed by atoms with Crippen LogP contribution in [0.1, 0.15) is 19.8 Å². The second-order valence-corrected chi connectivity index (χ2v) is 5.64. The first-order chi connectivity index (χ1) is 6.70. The lowest BCUT2D eigenvalue weighted by molar-refractivity contribution is -0.138. The molecule has 0 aliphatic heterocycles. The van der Waals surface area contributed by atoms with Gasteiger partial charge in [0.25, 0.3) is 0 Å². The zero-order chi connectivity index (χ0) is 12.1. The van der Waals surface area contributed by atoms with Crippen LogP contribution in [0.2, 0.25) is 0 Å². The molecule has 15 heavy (non-hydrogen) atoms. The number of amides is 1. The number of hydrogen-bond acceptors (Lipinski definition) is 4. The first-order valence-electron chi connectivity index (χ1n) is 4.39. The van der Waals surface area contributed by atoms with Crippen LogP contribution >= 0.6 is 0 Å². The molecule has 1 unspecified atom stereocenters. The van der Waals surface area contributed by atoms with Gasteiger partial charge < -0.3 is 10.4 Å². The molecule has 0 aromatic carbocycles. The normalized spacial score (nSPS) is 13.2. The largest absolute Gasteiger partial charge is 0.481 e. The van der Waals surface area contributed by atoms with Crippen LogP contribution < -0.4 is 5.32 Å². The molecule has 1 amide bonds. The summed E-state index contributed by atoms with van der Waals surface area (Å²) in [6.45, 7) is 1.56. The van der Waals surface area contributed by atoms with Crippen molar-refractivity contribution in [2.75, 3.05) is 12.0 Å². The number of carbonyl (C=O) groups excluding carboxylic acids is 1. The number of hydrogen-bond donors (Lipinski definition) is 2. The van der Waals surface area contributed by atoms with E-state index in [-0.39, 0.29) is 18.6 Å². The Kier molecular flexibility index (Phi) is 5.27. The molecule has 1 atom stereocenters. The fourth-order valence-electron chi connectivity index (χ4n) is 1.06. The first kappa shape index (κ1) is 13.9. The monoisotopic (exact) mass is 237 g/mol. The minimum absolute atomic E-state index is 0.135. The minimum atomic E-state index is -3.13. The molecule has 2 N–H and O–H groups in total. The van der Waals surface area contributed by atoms with Crippen LogP contribution in [0, 0.1) is 0 Å².